The molecule has 1 N–H and O–H groups in total. The summed E-state index contributed by atoms with van der Waals surface area (Å²) in [6.07, 6.45) is 0. The van der Waals surface area contributed by atoms with Gasteiger partial charge in [0.15, 0.2) is 0 Å². The minimum absolute atomic E-state index is 0.0460. The number of amides is 4. The third-order valence-corrected chi connectivity index (χ3v) is 3.03. The molecule has 104 valence electrons. The fourth-order valence-corrected chi connectivity index (χ4v) is 2.13. The smallest absolute Gasteiger partial charge is 0.277 e. The van der Waals surface area contributed by atoms with Crippen LogP contribution in [0.25, 0.3) is 0 Å². The predicted octanol–water partition coefficient (Wildman–Crippen LogP) is 1.90. The maximum absolute atomic E-state index is 12.9. The third kappa shape index (κ3) is 2.77. The molecule has 20 heavy (non-hydrogen) atoms. The zero-order chi connectivity index (χ0) is 14.9. The molecule has 1 aliphatic rings. The lowest BCUT2D eigenvalue weighted by Crippen LogP contribution is -2.57. The first-order valence-electron chi connectivity index (χ1n) is 5.65. The van der Waals surface area contributed by atoms with E-state index in [1.807, 2.05) is 0 Å². The van der Waals surface area contributed by atoms with E-state index in [2.05, 4.69) is 27.8 Å². The summed E-state index contributed by atoms with van der Waals surface area (Å²) in [5, 5.41) is 2.10. The minimum atomic E-state index is -1.17. The van der Waals surface area contributed by atoms with Crippen LogP contribution in [0.3, 0.4) is 0 Å². The van der Waals surface area contributed by atoms with Crippen LogP contribution in [0.1, 0.15) is 11.5 Å². The van der Waals surface area contributed by atoms with E-state index in [0.717, 1.165) is 17.0 Å². The maximum Gasteiger partial charge on any atom is 0.331 e. The lowest BCUT2D eigenvalue weighted by molar-refractivity contribution is -0.138. The molecule has 0 radical (unpaired) electrons. The van der Waals surface area contributed by atoms with E-state index >= 15 is 0 Å². The monoisotopic (exact) mass is 340 g/mol. The fraction of sp³-hybridized carbons (Fsp3) is 0.154. The Morgan fingerprint density at radius 3 is 2.45 bits per heavy atom. The molecule has 7 heteroatoms. The van der Waals surface area contributed by atoms with Crippen molar-refractivity contribution >= 4 is 33.8 Å². The maximum atomic E-state index is 12.9. The van der Waals surface area contributed by atoms with Crippen LogP contribution < -0.4 is 5.32 Å². The first-order chi connectivity index (χ1) is 9.40. The highest BCUT2D eigenvalue weighted by atomic mass is 79.9. The average molecular weight is 341 g/mol. The van der Waals surface area contributed by atoms with Gasteiger partial charge in [0, 0.05) is 4.48 Å². The van der Waals surface area contributed by atoms with Gasteiger partial charge >= 0.3 is 6.03 Å². The molecule has 0 bridgehead atoms. The number of hydrogen-bond acceptors (Lipinski definition) is 3. The number of nitrogens with zero attached hydrogens (tertiary/aromatic N) is 1. The molecular formula is C13H10BrFN2O3. The van der Waals surface area contributed by atoms with E-state index in [1.165, 1.54) is 12.1 Å². The summed E-state index contributed by atoms with van der Waals surface area (Å²) < 4.78 is 13.3. The number of benzene rings is 1. The van der Waals surface area contributed by atoms with Crippen LogP contribution in [0, 0.1) is 5.82 Å². The Balaban J connectivity index is 2.34. The molecule has 0 aliphatic carbocycles. The van der Waals surface area contributed by atoms with Gasteiger partial charge in [0.25, 0.3) is 0 Å². The molecule has 0 saturated carbocycles. The minimum Gasteiger partial charge on any atom is -0.277 e. The second kappa shape index (κ2) is 5.54. The van der Waals surface area contributed by atoms with Crippen molar-refractivity contribution in [1.82, 2.24) is 10.2 Å². The summed E-state index contributed by atoms with van der Waals surface area (Å²) in [6.45, 7) is 3.51. The van der Waals surface area contributed by atoms with E-state index in [0.29, 0.717) is 10.0 Å². The van der Waals surface area contributed by atoms with Gasteiger partial charge in [-0.1, -0.05) is 34.6 Å². The highest BCUT2D eigenvalue weighted by Crippen LogP contribution is 2.23. The van der Waals surface area contributed by atoms with Gasteiger partial charge in [-0.3, -0.25) is 19.8 Å². The van der Waals surface area contributed by atoms with Gasteiger partial charge in [0.1, 0.15) is 11.7 Å². The summed E-state index contributed by atoms with van der Waals surface area (Å²) in [5.74, 6) is -3.02. The Labute approximate surface area is 122 Å². The van der Waals surface area contributed by atoms with Crippen LogP contribution in [-0.4, -0.2) is 29.3 Å². The van der Waals surface area contributed by atoms with Crippen molar-refractivity contribution < 1.29 is 18.8 Å². The zero-order valence-corrected chi connectivity index (χ0v) is 11.8. The van der Waals surface area contributed by atoms with Crippen LogP contribution in [-0.2, 0) is 9.59 Å². The van der Waals surface area contributed by atoms with Crippen LogP contribution >= 0.6 is 15.9 Å². The molecule has 1 atom stereocenters. The molecule has 0 spiro atoms. The summed E-state index contributed by atoms with van der Waals surface area (Å²) in [4.78, 5) is 36.6. The quantitative estimate of drug-likeness (QED) is 0.854. The highest BCUT2D eigenvalue weighted by Gasteiger charge is 2.41. The number of imide groups is 2. The average Bonchev–Trinajstić information content (AvgIpc) is 2.36. The Morgan fingerprint density at radius 2 is 1.90 bits per heavy atom. The van der Waals surface area contributed by atoms with Crippen LogP contribution in [0.4, 0.5) is 9.18 Å². The first-order valence-corrected chi connectivity index (χ1v) is 6.44. The third-order valence-electron chi connectivity index (χ3n) is 2.78. The lowest BCUT2D eigenvalue weighted by atomic mass is 9.95. The first kappa shape index (κ1) is 14.4. The van der Waals surface area contributed by atoms with Crippen molar-refractivity contribution in [2.24, 2.45) is 0 Å². The van der Waals surface area contributed by atoms with E-state index in [9.17, 15) is 18.8 Å². The van der Waals surface area contributed by atoms with Gasteiger partial charge in [-0.05, 0) is 17.7 Å². The Bertz CT molecular complexity index is 600. The molecule has 2 rings (SSSR count). The predicted molar refractivity (Wildman–Crippen MR) is 72.5 cm³/mol. The van der Waals surface area contributed by atoms with E-state index < -0.39 is 29.6 Å². The second-order valence-electron chi connectivity index (χ2n) is 4.22. The summed E-state index contributed by atoms with van der Waals surface area (Å²) >= 11 is 3.06. The molecule has 1 aromatic carbocycles. The molecule has 5 nitrogen and oxygen atoms in total. The van der Waals surface area contributed by atoms with Gasteiger partial charge in [-0.2, -0.15) is 0 Å². The molecule has 1 unspecified atom stereocenters. The largest absolute Gasteiger partial charge is 0.331 e. The normalized spacial score (nSPS) is 19.0. The van der Waals surface area contributed by atoms with Gasteiger partial charge in [-0.15, -0.1) is 0 Å². The number of carbonyl (C=O) groups excluding carboxylic acids is 3. The molecule has 0 aromatic heterocycles. The highest BCUT2D eigenvalue weighted by molar-refractivity contribution is 9.11. The summed E-state index contributed by atoms with van der Waals surface area (Å²) in [6, 6.07) is 4.20. The SMILES string of the molecule is C=C(Br)CN1C(=O)NC(=O)C(c2ccc(F)cc2)C1=O. The molecule has 1 fully saturated rings. The fourth-order valence-electron chi connectivity index (χ4n) is 1.88. The summed E-state index contributed by atoms with van der Waals surface area (Å²) in [5.41, 5.74) is 0.326. The zero-order valence-electron chi connectivity index (χ0n) is 10.2. The van der Waals surface area contributed by atoms with E-state index in [-0.39, 0.29) is 6.54 Å². The molecule has 4 amide bonds. The van der Waals surface area contributed by atoms with Crippen molar-refractivity contribution in [3.8, 4) is 0 Å². The van der Waals surface area contributed by atoms with Crippen molar-refractivity contribution in [1.29, 1.82) is 0 Å². The van der Waals surface area contributed by atoms with Crippen LogP contribution in [0.2, 0.25) is 0 Å². The van der Waals surface area contributed by atoms with Crippen LogP contribution in [0.15, 0.2) is 35.3 Å². The second-order valence-corrected chi connectivity index (χ2v) is 5.34. The van der Waals surface area contributed by atoms with Gasteiger partial charge in [0.05, 0.1) is 6.54 Å². The number of nitrogens with one attached hydrogen (secondary N) is 1. The molecule has 1 aromatic rings. The topological polar surface area (TPSA) is 66.5 Å². The lowest BCUT2D eigenvalue weighted by Gasteiger charge is -2.30. The number of halogens is 2. The van der Waals surface area contributed by atoms with Crippen molar-refractivity contribution in [3.63, 3.8) is 0 Å². The molecular weight excluding hydrogens is 331 g/mol. The number of rotatable bonds is 3. The number of carbonyl (C=O) groups is 3. The van der Waals surface area contributed by atoms with Gasteiger partial charge < -0.3 is 0 Å². The standard InChI is InChI=1S/C13H10BrFN2O3/c1-7(14)6-17-12(19)10(11(18)16-13(17)20)8-2-4-9(15)5-3-8/h2-5,10H,1,6H2,(H,16,18,20). The van der Waals surface area contributed by atoms with Crippen molar-refractivity contribution in [2.45, 2.75) is 5.92 Å². The van der Waals surface area contributed by atoms with Crippen molar-refractivity contribution in [2.75, 3.05) is 6.54 Å². The molecule has 1 aliphatic heterocycles. The Hall–Kier alpha value is -2.02. The molecule has 1 saturated heterocycles. The Morgan fingerprint density at radius 1 is 1.30 bits per heavy atom. The molecule has 1 heterocycles. The Kier molecular flexibility index (Phi) is 3.99. The number of barbiturate groups is 1. The van der Waals surface area contributed by atoms with Crippen LogP contribution in [0.5, 0.6) is 0 Å². The van der Waals surface area contributed by atoms with E-state index in [1.54, 1.807) is 0 Å². The van der Waals surface area contributed by atoms with Gasteiger partial charge in [-0.25, -0.2) is 9.18 Å². The van der Waals surface area contributed by atoms with Crippen molar-refractivity contribution in [3.05, 3.63) is 46.7 Å². The number of urea groups is 1. The van der Waals surface area contributed by atoms with E-state index in [4.69, 9.17) is 0 Å². The van der Waals surface area contributed by atoms with Gasteiger partial charge in [0.2, 0.25) is 11.8 Å². The number of hydrogen-bond donors (Lipinski definition) is 1. The summed E-state index contributed by atoms with van der Waals surface area (Å²) in [7, 11) is 0.